The van der Waals surface area contributed by atoms with Gasteiger partial charge in [0.05, 0.1) is 23.5 Å². The lowest BCUT2D eigenvalue weighted by Gasteiger charge is -2.16. The van der Waals surface area contributed by atoms with Crippen molar-refractivity contribution in [2.45, 2.75) is 25.3 Å². The van der Waals surface area contributed by atoms with E-state index in [0.717, 1.165) is 28.1 Å². The topological polar surface area (TPSA) is 30.7 Å². The Morgan fingerprint density at radius 1 is 1.42 bits per heavy atom. The van der Waals surface area contributed by atoms with Gasteiger partial charge in [0.1, 0.15) is 0 Å². The Morgan fingerprint density at radius 3 is 2.84 bits per heavy atom. The van der Waals surface area contributed by atoms with Gasteiger partial charge in [0.25, 0.3) is 0 Å². The highest BCUT2D eigenvalue weighted by Gasteiger charge is 2.28. The van der Waals surface area contributed by atoms with E-state index in [1.165, 1.54) is 12.8 Å². The molecule has 2 aromatic rings. The van der Waals surface area contributed by atoms with Gasteiger partial charge < -0.3 is 0 Å². The molecule has 1 fully saturated rings. The third-order valence-corrected chi connectivity index (χ3v) is 3.90. The highest BCUT2D eigenvalue weighted by Crippen LogP contribution is 2.38. The number of aromatic nitrogens is 3. The van der Waals surface area contributed by atoms with E-state index in [0.29, 0.717) is 0 Å². The summed E-state index contributed by atoms with van der Waals surface area (Å²) in [5.41, 5.74) is 1.86. The smallest absolute Gasteiger partial charge is 0.0942 e. The summed E-state index contributed by atoms with van der Waals surface area (Å²) >= 11 is 3.42. The first kappa shape index (κ1) is 12.4. The highest BCUT2D eigenvalue weighted by molar-refractivity contribution is 9.10. The molecule has 4 heteroatoms. The van der Waals surface area contributed by atoms with E-state index < -0.39 is 0 Å². The van der Waals surface area contributed by atoms with Crippen LogP contribution in [0.15, 0.2) is 35.2 Å². The van der Waals surface area contributed by atoms with Crippen molar-refractivity contribution in [2.24, 2.45) is 5.92 Å². The third kappa shape index (κ3) is 2.87. The predicted octanol–water partition coefficient (Wildman–Crippen LogP) is 3.41. The number of hydrogen-bond acceptors (Lipinski definition) is 2. The van der Waals surface area contributed by atoms with Crippen LogP contribution in [-0.4, -0.2) is 14.8 Å². The van der Waals surface area contributed by atoms with Gasteiger partial charge in [-0.25, -0.2) is 0 Å². The monoisotopic (exact) mass is 315 g/mol. The molecule has 0 N–H and O–H groups in total. The van der Waals surface area contributed by atoms with E-state index in [9.17, 15) is 0 Å². The van der Waals surface area contributed by atoms with E-state index in [4.69, 9.17) is 6.42 Å². The Hall–Kier alpha value is -1.60. The van der Waals surface area contributed by atoms with Crippen LogP contribution in [0.3, 0.4) is 0 Å². The van der Waals surface area contributed by atoms with Crippen LogP contribution in [0.5, 0.6) is 0 Å². The van der Waals surface area contributed by atoms with Crippen molar-refractivity contribution in [1.82, 2.24) is 14.8 Å². The number of nitrogens with zero attached hydrogens (tertiary/aromatic N) is 3. The zero-order valence-corrected chi connectivity index (χ0v) is 12.0. The van der Waals surface area contributed by atoms with Crippen LogP contribution in [0.2, 0.25) is 0 Å². The SMILES string of the molecule is C#Cc1cnn(C(CC2CC2)c2ccc(Br)cn2)c1. The van der Waals surface area contributed by atoms with Gasteiger partial charge in [-0.2, -0.15) is 5.10 Å². The molecular weight excluding hydrogens is 302 g/mol. The van der Waals surface area contributed by atoms with E-state index in [1.807, 2.05) is 29.2 Å². The molecule has 2 heterocycles. The molecule has 19 heavy (non-hydrogen) atoms. The van der Waals surface area contributed by atoms with Crippen molar-refractivity contribution in [2.75, 3.05) is 0 Å². The van der Waals surface area contributed by atoms with E-state index in [1.54, 1.807) is 6.20 Å². The van der Waals surface area contributed by atoms with Crippen LogP contribution in [0, 0.1) is 18.3 Å². The van der Waals surface area contributed by atoms with Crippen LogP contribution >= 0.6 is 15.9 Å². The largest absolute Gasteiger partial charge is 0.262 e. The van der Waals surface area contributed by atoms with Gasteiger partial charge in [-0.15, -0.1) is 6.42 Å². The standard InChI is InChI=1S/C15H14BrN3/c1-2-11-8-18-19(10-11)15(7-12-3-4-12)14-6-5-13(16)9-17-14/h1,5-6,8-10,12,15H,3-4,7H2. The fourth-order valence-electron chi connectivity index (χ4n) is 2.20. The second kappa shape index (κ2) is 5.18. The number of halogens is 1. The van der Waals surface area contributed by atoms with E-state index in [-0.39, 0.29) is 6.04 Å². The van der Waals surface area contributed by atoms with Crippen LogP contribution in [0.1, 0.15) is 36.6 Å². The molecule has 96 valence electrons. The number of pyridine rings is 1. The molecule has 1 unspecified atom stereocenters. The Morgan fingerprint density at radius 2 is 2.26 bits per heavy atom. The fraction of sp³-hybridized carbons (Fsp3) is 0.333. The lowest BCUT2D eigenvalue weighted by molar-refractivity contribution is 0.454. The van der Waals surface area contributed by atoms with Gasteiger partial charge in [0.2, 0.25) is 0 Å². The molecule has 1 aliphatic rings. The minimum absolute atomic E-state index is 0.183. The summed E-state index contributed by atoms with van der Waals surface area (Å²) in [6, 6.07) is 4.25. The molecule has 0 bridgehead atoms. The van der Waals surface area contributed by atoms with Gasteiger partial charge in [0.15, 0.2) is 0 Å². The molecule has 3 rings (SSSR count). The third-order valence-electron chi connectivity index (χ3n) is 3.43. The molecule has 3 nitrogen and oxygen atoms in total. The summed E-state index contributed by atoms with van der Waals surface area (Å²) in [6.45, 7) is 0. The normalized spacial score (nSPS) is 16.0. The molecule has 1 saturated carbocycles. The van der Waals surface area contributed by atoms with Gasteiger partial charge >= 0.3 is 0 Å². The molecule has 1 aliphatic carbocycles. The van der Waals surface area contributed by atoms with Crippen molar-refractivity contribution >= 4 is 15.9 Å². The molecule has 0 spiro atoms. The zero-order chi connectivity index (χ0) is 13.2. The van der Waals surface area contributed by atoms with Crippen LogP contribution in [0.25, 0.3) is 0 Å². The average molecular weight is 316 g/mol. The maximum atomic E-state index is 5.41. The Kier molecular flexibility index (Phi) is 3.39. The molecule has 1 atom stereocenters. The summed E-state index contributed by atoms with van der Waals surface area (Å²) in [4.78, 5) is 4.51. The van der Waals surface area contributed by atoms with E-state index in [2.05, 4.69) is 31.9 Å². The molecule has 0 amide bonds. The van der Waals surface area contributed by atoms with Gasteiger partial charge in [-0.05, 0) is 40.4 Å². The maximum Gasteiger partial charge on any atom is 0.0942 e. The first-order valence-corrected chi connectivity index (χ1v) is 7.18. The number of hydrogen-bond donors (Lipinski definition) is 0. The lowest BCUT2D eigenvalue weighted by atomic mass is 10.1. The first-order chi connectivity index (χ1) is 9.26. The summed E-state index contributed by atoms with van der Waals surface area (Å²) in [6.07, 6.45) is 14.6. The second-order valence-electron chi connectivity index (χ2n) is 4.95. The maximum absolute atomic E-state index is 5.41. The number of terminal acetylenes is 1. The first-order valence-electron chi connectivity index (χ1n) is 6.38. The second-order valence-corrected chi connectivity index (χ2v) is 5.87. The molecule has 0 aliphatic heterocycles. The van der Waals surface area contributed by atoms with Gasteiger partial charge in [-0.3, -0.25) is 9.67 Å². The van der Waals surface area contributed by atoms with Crippen molar-refractivity contribution in [3.63, 3.8) is 0 Å². The minimum Gasteiger partial charge on any atom is -0.262 e. The van der Waals surface area contributed by atoms with Crippen LogP contribution in [-0.2, 0) is 0 Å². The zero-order valence-electron chi connectivity index (χ0n) is 10.5. The summed E-state index contributed by atoms with van der Waals surface area (Å²) < 4.78 is 2.94. The van der Waals surface area contributed by atoms with Crippen LogP contribution in [0.4, 0.5) is 0 Å². The Bertz CT molecular complexity index is 605. The van der Waals surface area contributed by atoms with Crippen LogP contribution < -0.4 is 0 Å². The summed E-state index contributed by atoms with van der Waals surface area (Å²) in [5, 5.41) is 4.39. The lowest BCUT2D eigenvalue weighted by Crippen LogP contribution is -2.13. The predicted molar refractivity (Wildman–Crippen MR) is 77.6 cm³/mol. The van der Waals surface area contributed by atoms with Crippen molar-refractivity contribution in [3.05, 3.63) is 46.5 Å². The quantitative estimate of drug-likeness (QED) is 0.809. The molecular formula is C15H14BrN3. The molecule has 0 saturated heterocycles. The Labute approximate surface area is 121 Å². The molecule has 0 aromatic carbocycles. The van der Waals surface area contributed by atoms with Crippen molar-refractivity contribution in [1.29, 1.82) is 0 Å². The van der Waals surface area contributed by atoms with E-state index >= 15 is 0 Å². The Balaban J connectivity index is 1.92. The van der Waals surface area contributed by atoms with Gasteiger partial charge in [0, 0.05) is 16.9 Å². The summed E-state index contributed by atoms with van der Waals surface area (Å²) in [7, 11) is 0. The number of rotatable bonds is 4. The fourth-order valence-corrected chi connectivity index (χ4v) is 2.44. The van der Waals surface area contributed by atoms with Crippen molar-refractivity contribution < 1.29 is 0 Å². The average Bonchev–Trinajstić information content (AvgIpc) is 3.13. The highest BCUT2D eigenvalue weighted by atomic mass is 79.9. The molecule has 0 radical (unpaired) electrons. The minimum atomic E-state index is 0.183. The molecule has 2 aromatic heterocycles. The summed E-state index contributed by atoms with van der Waals surface area (Å²) in [5.74, 6) is 3.42. The van der Waals surface area contributed by atoms with Crippen molar-refractivity contribution in [3.8, 4) is 12.3 Å². The van der Waals surface area contributed by atoms with Gasteiger partial charge in [-0.1, -0.05) is 18.8 Å².